The minimum atomic E-state index is -0.262. The molecule has 0 aliphatic heterocycles. The summed E-state index contributed by atoms with van der Waals surface area (Å²) < 4.78 is 0. The summed E-state index contributed by atoms with van der Waals surface area (Å²) in [5, 5.41) is 6.94. The Morgan fingerprint density at radius 2 is 1.48 bits per heavy atom. The number of carbonyl (C=O) groups is 1. The Balaban J connectivity index is 0.00000210. The summed E-state index contributed by atoms with van der Waals surface area (Å²) in [5.74, 6) is 0.0202. The lowest BCUT2D eigenvalue weighted by Gasteiger charge is -2.34. The maximum Gasteiger partial charge on any atom is 0.221 e. The number of nitrogens with one attached hydrogen (secondary N) is 2. The number of rotatable bonds is 8. The summed E-state index contributed by atoms with van der Waals surface area (Å²) in [4.78, 5) is 12.5. The molecule has 2 aromatic rings. The molecule has 0 saturated heterocycles. The van der Waals surface area contributed by atoms with E-state index in [0.717, 1.165) is 18.4 Å². The van der Waals surface area contributed by atoms with E-state index in [1.165, 1.54) is 18.4 Å². The van der Waals surface area contributed by atoms with Crippen LogP contribution < -0.4 is 16.4 Å². The molecule has 0 heterocycles. The van der Waals surface area contributed by atoms with Gasteiger partial charge >= 0.3 is 0 Å². The molecular weight excluding hydrogens is 405 g/mol. The fourth-order valence-corrected chi connectivity index (χ4v) is 4.07. The third kappa shape index (κ3) is 7.31. The first-order valence-electron chi connectivity index (χ1n) is 9.98. The van der Waals surface area contributed by atoms with Crippen molar-refractivity contribution in [3.05, 3.63) is 71.8 Å². The van der Waals surface area contributed by atoms with E-state index in [0.29, 0.717) is 13.0 Å². The molecule has 2 atom stereocenters. The largest absolute Gasteiger partial charge is 0.354 e. The van der Waals surface area contributed by atoms with Crippen LogP contribution in [0.4, 0.5) is 0 Å². The van der Waals surface area contributed by atoms with E-state index in [4.69, 9.17) is 5.73 Å². The van der Waals surface area contributed by atoms with Gasteiger partial charge in [-0.05, 0) is 30.9 Å². The van der Waals surface area contributed by atoms with Crippen LogP contribution in [0.25, 0.3) is 0 Å². The average molecular weight is 438 g/mol. The molecule has 6 heteroatoms. The van der Waals surface area contributed by atoms with Crippen LogP contribution in [0.15, 0.2) is 60.7 Å². The Morgan fingerprint density at radius 1 is 0.966 bits per heavy atom. The maximum atomic E-state index is 12.5. The van der Waals surface area contributed by atoms with Gasteiger partial charge in [0.2, 0.25) is 5.91 Å². The summed E-state index contributed by atoms with van der Waals surface area (Å²) in [7, 11) is 0. The first-order chi connectivity index (χ1) is 13.1. The van der Waals surface area contributed by atoms with Crippen molar-refractivity contribution in [2.75, 3.05) is 6.54 Å². The summed E-state index contributed by atoms with van der Waals surface area (Å²) in [6.45, 7) is 2.85. The van der Waals surface area contributed by atoms with E-state index in [9.17, 15) is 4.79 Å². The third-order valence-corrected chi connectivity index (χ3v) is 5.64. The van der Waals surface area contributed by atoms with Crippen molar-refractivity contribution in [3.63, 3.8) is 0 Å². The van der Waals surface area contributed by atoms with Crippen molar-refractivity contribution in [2.24, 2.45) is 5.73 Å². The first-order valence-corrected chi connectivity index (χ1v) is 9.98. The Bertz CT molecular complexity index is 721. The quantitative estimate of drug-likeness (QED) is 0.560. The molecular formula is C23H33Cl2N3O. The SMILES string of the molecule is CC(NC1(CNC(=O)CC(N)c2ccccc2)CCCC1)c1ccccc1.Cl.Cl. The topological polar surface area (TPSA) is 67.1 Å². The second-order valence-electron chi connectivity index (χ2n) is 7.76. The molecule has 0 radical (unpaired) electrons. The Morgan fingerprint density at radius 3 is 2.03 bits per heavy atom. The lowest BCUT2D eigenvalue weighted by Crippen LogP contribution is -2.52. The molecule has 1 aliphatic carbocycles. The first kappa shape index (κ1) is 25.4. The minimum Gasteiger partial charge on any atom is -0.354 e. The highest BCUT2D eigenvalue weighted by atomic mass is 35.5. The van der Waals surface area contributed by atoms with Gasteiger partial charge in [-0.25, -0.2) is 0 Å². The fourth-order valence-electron chi connectivity index (χ4n) is 4.07. The van der Waals surface area contributed by atoms with Crippen LogP contribution in [0.1, 0.15) is 62.2 Å². The van der Waals surface area contributed by atoms with Gasteiger partial charge in [0, 0.05) is 30.6 Å². The molecule has 1 fully saturated rings. The van der Waals surface area contributed by atoms with Gasteiger partial charge in [-0.3, -0.25) is 4.79 Å². The number of carbonyl (C=O) groups excluding carboxylic acids is 1. The number of amides is 1. The van der Waals surface area contributed by atoms with Crippen LogP contribution in [0.2, 0.25) is 0 Å². The van der Waals surface area contributed by atoms with Crippen molar-refractivity contribution in [1.82, 2.24) is 10.6 Å². The molecule has 160 valence electrons. The maximum absolute atomic E-state index is 12.5. The Kier molecular flexibility index (Phi) is 10.7. The highest BCUT2D eigenvalue weighted by molar-refractivity contribution is 5.85. The Hall–Kier alpha value is -1.59. The smallest absolute Gasteiger partial charge is 0.221 e. The van der Waals surface area contributed by atoms with Crippen LogP contribution in [0.5, 0.6) is 0 Å². The Labute approximate surface area is 186 Å². The van der Waals surface area contributed by atoms with Gasteiger partial charge in [0.05, 0.1) is 0 Å². The number of hydrogen-bond acceptors (Lipinski definition) is 3. The molecule has 0 aromatic heterocycles. The normalized spacial score (nSPS) is 16.8. The van der Waals surface area contributed by atoms with Crippen LogP contribution in [-0.2, 0) is 4.79 Å². The van der Waals surface area contributed by atoms with E-state index in [1.807, 2.05) is 36.4 Å². The molecule has 0 bridgehead atoms. The third-order valence-electron chi connectivity index (χ3n) is 5.64. The lowest BCUT2D eigenvalue weighted by molar-refractivity contribution is -0.121. The van der Waals surface area contributed by atoms with Crippen LogP contribution in [-0.4, -0.2) is 18.0 Å². The number of benzene rings is 2. The van der Waals surface area contributed by atoms with E-state index < -0.39 is 0 Å². The van der Waals surface area contributed by atoms with E-state index >= 15 is 0 Å². The van der Waals surface area contributed by atoms with Gasteiger partial charge in [-0.2, -0.15) is 0 Å². The zero-order chi connectivity index (χ0) is 19.1. The van der Waals surface area contributed by atoms with E-state index in [2.05, 4.69) is 41.8 Å². The van der Waals surface area contributed by atoms with Crippen LogP contribution >= 0.6 is 24.8 Å². The zero-order valence-electron chi connectivity index (χ0n) is 17.0. The van der Waals surface area contributed by atoms with Gasteiger partial charge in [0.15, 0.2) is 0 Å². The van der Waals surface area contributed by atoms with E-state index in [-0.39, 0.29) is 48.3 Å². The molecule has 2 aromatic carbocycles. The molecule has 1 aliphatic rings. The molecule has 4 nitrogen and oxygen atoms in total. The molecule has 1 saturated carbocycles. The number of hydrogen-bond donors (Lipinski definition) is 3. The summed E-state index contributed by atoms with van der Waals surface area (Å²) >= 11 is 0. The van der Waals surface area contributed by atoms with Gasteiger partial charge < -0.3 is 16.4 Å². The second-order valence-corrected chi connectivity index (χ2v) is 7.76. The average Bonchev–Trinajstić information content (AvgIpc) is 3.16. The van der Waals surface area contributed by atoms with Crippen molar-refractivity contribution < 1.29 is 4.79 Å². The van der Waals surface area contributed by atoms with Crippen molar-refractivity contribution in [1.29, 1.82) is 0 Å². The standard InChI is InChI=1S/C23H31N3O.2ClH/c1-18(19-10-4-2-5-11-19)26-23(14-8-9-15-23)17-25-22(27)16-21(24)20-12-6-3-7-13-20;;/h2-7,10-13,18,21,26H,8-9,14-17,24H2,1H3,(H,25,27);2*1H. The van der Waals surface area contributed by atoms with Gasteiger partial charge in [-0.15, -0.1) is 24.8 Å². The van der Waals surface area contributed by atoms with Crippen molar-refractivity contribution in [3.8, 4) is 0 Å². The molecule has 29 heavy (non-hydrogen) atoms. The highest BCUT2D eigenvalue weighted by Gasteiger charge is 2.35. The lowest BCUT2D eigenvalue weighted by atomic mass is 9.94. The molecule has 0 spiro atoms. The van der Waals surface area contributed by atoms with Crippen molar-refractivity contribution >= 4 is 30.7 Å². The number of nitrogens with two attached hydrogens (primary N) is 1. The fraction of sp³-hybridized carbons (Fsp3) is 0.435. The molecule has 3 rings (SSSR count). The second kappa shape index (κ2) is 12.2. The van der Waals surface area contributed by atoms with Gasteiger partial charge in [0.25, 0.3) is 0 Å². The van der Waals surface area contributed by atoms with Crippen molar-refractivity contribution in [2.45, 2.75) is 56.7 Å². The van der Waals surface area contributed by atoms with E-state index in [1.54, 1.807) is 0 Å². The van der Waals surface area contributed by atoms with Crippen LogP contribution in [0.3, 0.4) is 0 Å². The van der Waals surface area contributed by atoms with Gasteiger partial charge in [0.1, 0.15) is 0 Å². The summed E-state index contributed by atoms with van der Waals surface area (Å²) in [6.07, 6.45) is 4.90. The molecule has 4 N–H and O–H groups in total. The number of halogens is 2. The minimum absolute atomic E-state index is 0. The highest BCUT2D eigenvalue weighted by Crippen LogP contribution is 2.32. The van der Waals surface area contributed by atoms with Gasteiger partial charge in [-0.1, -0.05) is 73.5 Å². The molecule has 2 unspecified atom stereocenters. The van der Waals surface area contributed by atoms with Crippen LogP contribution in [0, 0.1) is 0 Å². The predicted octanol–water partition coefficient (Wildman–Crippen LogP) is 4.70. The monoisotopic (exact) mass is 437 g/mol. The summed E-state index contributed by atoms with van der Waals surface area (Å²) in [5.41, 5.74) is 8.44. The molecule has 1 amide bonds. The zero-order valence-corrected chi connectivity index (χ0v) is 18.6. The summed E-state index contributed by atoms with van der Waals surface area (Å²) in [6, 6.07) is 20.3. The predicted molar refractivity (Wildman–Crippen MR) is 125 cm³/mol.